The standard InChI is InChI=1S/C14H16ClNO2/c1-18-14(17)13(12-4-2-3-9-16-12)10-5-7-11(15)8-6-10/h5-8,13H,2-4,9H2,1H3. The monoisotopic (exact) mass is 265 g/mol. The third-order valence-corrected chi connectivity index (χ3v) is 3.38. The Labute approximate surface area is 112 Å². The smallest absolute Gasteiger partial charge is 0.318 e. The predicted octanol–water partition coefficient (Wildman–Crippen LogP) is 3.22. The van der Waals surface area contributed by atoms with Crippen LogP contribution in [0.4, 0.5) is 0 Å². The molecule has 0 aromatic heterocycles. The van der Waals surface area contributed by atoms with Gasteiger partial charge in [0.15, 0.2) is 0 Å². The minimum atomic E-state index is -0.382. The van der Waals surface area contributed by atoms with E-state index in [0.29, 0.717) is 5.02 Å². The van der Waals surface area contributed by atoms with Gasteiger partial charge in [-0.1, -0.05) is 23.7 Å². The highest BCUT2D eigenvalue weighted by Gasteiger charge is 2.27. The summed E-state index contributed by atoms with van der Waals surface area (Å²) < 4.78 is 4.90. The molecule has 96 valence electrons. The van der Waals surface area contributed by atoms with Crippen LogP contribution in [-0.4, -0.2) is 25.3 Å². The Balaban J connectivity index is 2.33. The maximum atomic E-state index is 12.0. The largest absolute Gasteiger partial charge is 0.468 e. The Morgan fingerprint density at radius 3 is 2.61 bits per heavy atom. The number of benzene rings is 1. The second-order valence-electron chi connectivity index (χ2n) is 4.34. The number of carbonyl (C=O) groups excluding carboxylic acids is 1. The molecule has 4 heteroatoms. The first-order valence-electron chi connectivity index (χ1n) is 6.09. The van der Waals surface area contributed by atoms with Crippen LogP contribution in [0.15, 0.2) is 29.3 Å². The zero-order valence-electron chi connectivity index (χ0n) is 10.4. The van der Waals surface area contributed by atoms with Gasteiger partial charge in [-0.05, 0) is 37.0 Å². The van der Waals surface area contributed by atoms with Crippen molar-refractivity contribution in [2.24, 2.45) is 4.99 Å². The molecule has 1 aliphatic rings. The van der Waals surface area contributed by atoms with Crippen molar-refractivity contribution < 1.29 is 9.53 Å². The number of nitrogens with zero attached hydrogens (tertiary/aromatic N) is 1. The van der Waals surface area contributed by atoms with E-state index in [-0.39, 0.29) is 11.9 Å². The van der Waals surface area contributed by atoms with E-state index in [4.69, 9.17) is 16.3 Å². The van der Waals surface area contributed by atoms with Gasteiger partial charge in [-0.2, -0.15) is 0 Å². The maximum absolute atomic E-state index is 12.0. The molecule has 1 aliphatic heterocycles. The van der Waals surface area contributed by atoms with E-state index in [0.717, 1.165) is 37.1 Å². The lowest BCUT2D eigenvalue weighted by Gasteiger charge is -2.20. The van der Waals surface area contributed by atoms with Crippen molar-refractivity contribution in [3.8, 4) is 0 Å². The van der Waals surface area contributed by atoms with Gasteiger partial charge in [0.2, 0.25) is 0 Å². The Hall–Kier alpha value is -1.35. The molecule has 0 fully saturated rings. The van der Waals surface area contributed by atoms with Crippen LogP contribution < -0.4 is 0 Å². The number of esters is 1. The van der Waals surface area contributed by atoms with E-state index >= 15 is 0 Å². The van der Waals surface area contributed by atoms with Crippen LogP contribution in [0, 0.1) is 0 Å². The summed E-state index contributed by atoms with van der Waals surface area (Å²) in [5.41, 5.74) is 1.82. The van der Waals surface area contributed by atoms with Crippen LogP contribution in [0.2, 0.25) is 5.02 Å². The average Bonchev–Trinajstić information content (AvgIpc) is 2.42. The van der Waals surface area contributed by atoms with Crippen molar-refractivity contribution in [1.29, 1.82) is 0 Å². The molecule has 1 aromatic carbocycles. The summed E-state index contributed by atoms with van der Waals surface area (Å²) in [5, 5.41) is 0.660. The van der Waals surface area contributed by atoms with Gasteiger partial charge in [-0.15, -0.1) is 0 Å². The molecule has 0 spiro atoms. The van der Waals surface area contributed by atoms with E-state index in [1.807, 2.05) is 12.1 Å². The SMILES string of the molecule is COC(=O)C(C1=NCCCC1)c1ccc(Cl)cc1. The van der Waals surface area contributed by atoms with Gasteiger partial charge in [0.1, 0.15) is 5.92 Å². The molecule has 0 amide bonds. The highest BCUT2D eigenvalue weighted by Crippen LogP contribution is 2.25. The van der Waals surface area contributed by atoms with Crippen LogP contribution >= 0.6 is 11.6 Å². The van der Waals surface area contributed by atoms with Gasteiger partial charge < -0.3 is 4.74 Å². The van der Waals surface area contributed by atoms with Gasteiger partial charge in [0.25, 0.3) is 0 Å². The first kappa shape index (κ1) is 13.1. The fourth-order valence-electron chi connectivity index (χ4n) is 2.19. The van der Waals surface area contributed by atoms with Gasteiger partial charge in [0, 0.05) is 17.3 Å². The lowest BCUT2D eigenvalue weighted by molar-refractivity contribution is -0.140. The highest BCUT2D eigenvalue weighted by atomic mass is 35.5. The molecule has 18 heavy (non-hydrogen) atoms. The molecule has 2 rings (SSSR count). The Bertz CT molecular complexity index is 453. The number of rotatable bonds is 3. The summed E-state index contributed by atoms with van der Waals surface area (Å²) in [4.78, 5) is 16.4. The third-order valence-electron chi connectivity index (χ3n) is 3.13. The summed E-state index contributed by atoms with van der Waals surface area (Å²) in [6.45, 7) is 0.802. The molecule has 0 N–H and O–H groups in total. The minimum Gasteiger partial charge on any atom is -0.468 e. The van der Waals surface area contributed by atoms with Crippen molar-refractivity contribution in [3.05, 3.63) is 34.9 Å². The van der Waals surface area contributed by atoms with Gasteiger partial charge in [0.05, 0.1) is 7.11 Å². The first-order valence-corrected chi connectivity index (χ1v) is 6.46. The molecule has 0 radical (unpaired) electrons. The fourth-order valence-corrected chi connectivity index (χ4v) is 2.32. The summed E-state index contributed by atoms with van der Waals surface area (Å²) in [6.07, 6.45) is 3.04. The number of halogens is 1. The topological polar surface area (TPSA) is 38.7 Å². The fraction of sp³-hybridized carbons (Fsp3) is 0.429. The number of ether oxygens (including phenoxy) is 1. The van der Waals surface area contributed by atoms with Gasteiger partial charge in [-0.25, -0.2) is 0 Å². The predicted molar refractivity (Wildman–Crippen MR) is 72.4 cm³/mol. The second-order valence-corrected chi connectivity index (χ2v) is 4.77. The maximum Gasteiger partial charge on any atom is 0.318 e. The Kier molecular flexibility index (Phi) is 4.37. The highest BCUT2D eigenvalue weighted by molar-refractivity contribution is 6.30. The van der Waals surface area contributed by atoms with Crippen molar-refractivity contribution in [3.63, 3.8) is 0 Å². The third kappa shape index (κ3) is 2.91. The van der Waals surface area contributed by atoms with Gasteiger partial charge >= 0.3 is 5.97 Å². The minimum absolute atomic E-state index is 0.252. The molecule has 1 aromatic rings. The second kappa shape index (κ2) is 6.01. The number of carbonyl (C=O) groups is 1. The molecular formula is C14H16ClNO2. The van der Waals surface area contributed by atoms with Crippen LogP contribution in [0.3, 0.4) is 0 Å². The van der Waals surface area contributed by atoms with Crippen molar-refractivity contribution >= 4 is 23.3 Å². The van der Waals surface area contributed by atoms with Crippen LogP contribution in [-0.2, 0) is 9.53 Å². The van der Waals surface area contributed by atoms with Crippen molar-refractivity contribution in [1.82, 2.24) is 0 Å². The van der Waals surface area contributed by atoms with Crippen molar-refractivity contribution in [2.75, 3.05) is 13.7 Å². The normalized spacial score (nSPS) is 16.9. The first-order chi connectivity index (χ1) is 8.72. The Morgan fingerprint density at radius 1 is 1.33 bits per heavy atom. The van der Waals surface area contributed by atoms with Gasteiger partial charge in [-0.3, -0.25) is 9.79 Å². The molecule has 0 aliphatic carbocycles. The van der Waals surface area contributed by atoms with E-state index in [1.54, 1.807) is 12.1 Å². The average molecular weight is 266 g/mol. The molecule has 1 heterocycles. The lowest BCUT2D eigenvalue weighted by atomic mass is 9.90. The summed E-state index contributed by atoms with van der Waals surface area (Å²) in [5.74, 6) is -0.634. The zero-order chi connectivity index (χ0) is 13.0. The summed E-state index contributed by atoms with van der Waals surface area (Å²) >= 11 is 5.87. The lowest BCUT2D eigenvalue weighted by Crippen LogP contribution is -2.25. The van der Waals surface area contributed by atoms with Crippen LogP contribution in [0.1, 0.15) is 30.7 Å². The number of aliphatic imine (C=N–C) groups is 1. The number of hydrogen-bond donors (Lipinski definition) is 0. The number of hydrogen-bond acceptors (Lipinski definition) is 3. The Morgan fingerprint density at radius 2 is 2.06 bits per heavy atom. The van der Waals surface area contributed by atoms with E-state index in [9.17, 15) is 4.79 Å². The molecule has 1 atom stereocenters. The molecule has 0 bridgehead atoms. The van der Waals surface area contributed by atoms with E-state index in [1.165, 1.54) is 7.11 Å². The molecule has 3 nitrogen and oxygen atoms in total. The zero-order valence-corrected chi connectivity index (χ0v) is 11.1. The number of methoxy groups -OCH3 is 1. The van der Waals surface area contributed by atoms with Crippen LogP contribution in [0.25, 0.3) is 0 Å². The van der Waals surface area contributed by atoms with Crippen LogP contribution in [0.5, 0.6) is 0 Å². The molecule has 0 saturated heterocycles. The summed E-state index contributed by atoms with van der Waals surface area (Å²) in [6, 6.07) is 7.30. The summed E-state index contributed by atoms with van der Waals surface area (Å²) in [7, 11) is 1.41. The van der Waals surface area contributed by atoms with Crippen molar-refractivity contribution in [2.45, 2.75) is 25.2 Å². The molecular weight excluding hydrogens is 250 g/mol. The van der Waals surface area contributed by atoms with E-state index in [2.05, 4.69) is 4.99 Å². The molecule has 0 saturated carbocycles. The van der Waals surface area contributed by atoms with E-state index < -0.39 is 0 Å². The quantitative estimate of drug-likeness (QED) is 0.787. The molecule has 1 unspecified atom stereocenters.